The first-order valence-electron chi connectivity index (χ1n) is 10.9. The van der Waals surface area contributed by atoms with Crippen LogP contribution < -0.4 is 10.2 Å². The fraction of sp³-hybridized carbons (Fsp3) is 0.154. The number of morpholine rings is 1. The van der Waals surface area contributed by atoms with E-state index in [0.29, 0.717) is 5.56 Å². The topological polar surface area (TPSA) is 83.4 Å². The third-order valence-electron chi connectivity index (χ3n) is 6.07. The zero-order valence-electron chi connectivity index (χ0n) is 17.9. The van der Waals surface area contributed by atoms with E-state index in [1.165, 1.54) is 6.39 Å². The number of ether oxygens (including phenoxy) is 1. The molecule has 1 aliphatic rings. The predicted octanol–water partition coefficient (Wildman–Crippen LogP) is 5.07. The minimum absolute atomic E-state index is 0.142. The third kappa shape index (κ3) is 3.72. The van der Waals surface area contributed by atoms with Gasteiger partial charge in [-0.05, 0) is 48.0 Å². The molecular formula is C26H22N4O3. The second kappa shape index (κ2) is 8.11. The van der Waals surface area contributed by atoms with E-state index in [1.54, 1.807) is 0 Å². The van der Waals surface area contributed by atoms with Crippen LogP contribution >= 0.6 is 0 Å². The lowest BCUT2D eigenvalue weighted by molar-refractivity contribution is 0.102. The Balaban J connectivity index is 1.24. The van der Waals surface area contributed by atoms with Crippen LogP contribution in [0.15, 0.2) is 77.7 Å². The molecule has 5 aromatic rings. The highest BCUT2D eigenvalue weighted by Crippen LogP contribution is 2.31. The van der Waals surface area contributed by atoms with Crippen molar-refractivity contribution in [1.82, 2.24) is 9.97 Å². The predicted molar refractivity (Wildman–Crippen MR) is 129 cm³/mol. The molecule has 33 heavy (non-hydrogen) atoms. The molecule has 1 saturated heterocycles. The summed E-state index contributed by atoms with van der Waals surface area (Å²) in [5.74, 6) is -0.142. The maximum absolute atomic E-state index is 13.0. The number of anilines is 2. The van der Waals surface area contributed by atoms with Gasteiger partial charge in [0, 0.05) is 52.7 Å². The monoisotopic (exact) mass is 438 g/mol. The largest absolute Gasteiger partial charge is 0.443 e. The van der Waals surface area contributed by atoms with Crippen LogP contribution in [0.2, 0.25) is 0 Å². The van der Waals surface area contributed by atoms with E-state index in [9.17, 15) is 4.79 Å². The Morgan fingerprint density at radius 2 is 1.94 bits per heavy atom. The van der Waals surface area contributed by atoms with Crippen molar-refractivity contribution >= 4 is 39.3 Å². The van der Waals surface area contributed by atoms with Gasteiger partial charge in [0.25, 0.3) is 5.91 Å². The number of aromatic amines is 1. The molecule has 0 aliphatic carbocycles. The van der Waals surface area contributed by atoms with E-state index in [1.807, 2.05) is 60.8 Å². The van der Waals surface area contributed by atoms with Gasteiger partial charge in [-0.15, -0.1) is 0 Å². The Kier molecular flexibility index (Phi) is 4.81. The first-order valence-corrected chi connectivity index (χ1v) is 10.9. The van der Waals surface area contributed by atoms with Gasteiger partial charge in [0.05, 0.1) is 13.2 Å². The number of rotatable bonds is 4. The second-order valence-electron chi connectivity index (χ2n) is 8.10. The highest BCUT2D eigenvalue weighted by molar-refractivity contribution is 6.08. The SMILES string of the molecule is O=C(Nc1cccc(N2CCOCC2)c1)c1ccc2c(-c3ccc4ocnc4c3)c[nH]c2c1. The standard InChI is InChI=1S/C26H22N4O3/c31-26(29-19-2-1-3-20(14-19)30-8-10-32-11-9-30)18-4-6-21-22(15-27-23(21)13-18)17-5-7-25-24(12-17)28-16-33-25/h1-7,12-16,27H,8-11H2,(H,29,31). The summed E-state index contributed by atoms with van der Waals surface area (Å²) in [6.45, 7) is 3.15. The van der Waals surface area contributed by atoms with Crippen molar-refractivity contribution in [1.29, 1.82) is 0 Å². The number of carbonyl (C=O) groups excluding carboxylic acids is 1. The van der Waals surface area contributed by atoms with Crippen molar-refractivity contribution in [2.24, 2.45) is 0 Å². The Hall–Kier alpha value is -4.10. The molecule has 164 valence electrons. The van der Waals surface area contributed by atoms with Crippen molar-refractivity contribution in [2.45, 2.75) is 0 Å². The molecular weight excluding hydrogens is 416 g/mol. The normalized spacial score (nSPS) is 14.1. The lowest BCUT2D eigenvalue weighted by Crippen LogP contribution is -2.36. The van der Waals surface area contributed by atoms with Gasteiger partial charge in [-0.2, -0.15) is 0 Å². The van der Waals surface area contributed by atoms with Gasteiger partial charge in [0.15, 0.2) is 12.0 Å². The minimum atomic E-state index is -0.142. The number of amides is 1. The molecule has 0 radical (unpaired) electrons. The fourth-order valence-corrected chi connectivity index (χ4v) is 4.34. The van der Waals surface area contributed by atoms with E-state index in [4.69, 9.17) is 9.15 Å². The van der Waals surface area contributed by atoms with Gasteiger partial charge in [-0.1, -0.05) is 18.2 Å². The highest BCUT2D eigenvalue weighted by atomic mass is 16.5. The van der Waals surface area contributed by atoms with Gasteiger partial charge in [-0.25, -0.2) is 4.98 Å². The van der Waals surface area contributed by atoms with Crippen molar-refractivity contribution in [2.75, 3.05) is 36.5 Å². The fourth-order valence-electron chi connectivity index (χ4n) is 4.34. The van der Waals surface area contributed by atoms with E-state index in [2.05, 4.69) is 26.3 Å². The van der Waals surface area contributed by atoms with Crippen LogP contribution in [0.25, 0.3) is 33.1 Å². The van der Waals surface area contributed by atoms with Crippen molar-refractivity contribution < 1.29 is 13.9 Å². The molecule has 7 nitrogen and oxygen atoms in total. The van der Waals surface area contributed by atoms with Crippen LogP contribution in [0.5, 0.6) is 0 Å². The van der Waals surface area contributed by atoms with Gasteiger partial charge >= 0.3 is 0 Å². The van der Waals surface area contributed by atoms with Crippen molar-refractivity contribution in [3.8, 4) is 11.1 Å². The summed E-state index contributed by atoms with van der Waals surface area (Å²) in [5, 5.41) is 4.07. The van der Waals surface area contributed by atoms with Gasteiger partial charge < -0.3 is 24.4 Å². The molecule has 0 bridgehead atoms. The van der Waals surface area contributed by atoms with Crippen LogP contribution in [0.4, 0.5) is 11.4 Å². The molecule has 6 rings (SSSR count). The van der Waals surface area contributed by atoms with Crippen molar-refractivity contribution in [3.63, 3.8) is 0 Å². The molecule has 0 spiro atoms. The number of hydrogen-bond acceptors (Lipinski definition) is 5. The molecule has 0 saturated carbocycles. The number of oxazole rings is 1. The Bertz CT molecular complexity index is 1460. The number of aromatic nitrogens is 2. The number of H-pyrrole nitrogens is 1. The number of benzene rings is 3. The number of carbonyl (C=O) groups is 1. The van der Waals surface area contributed by atoms with Gasteiger partial charge in [0.1, 0.15) is 5.52 Å². The summed E-state index contributed by atoms with van der Waals surface area (Å²) in [7, 11) is 0. The average molecular weight is 438 g/mol. The van der Waals surface area contributed by atoms with E-state index < -0.39 is 0 Å². The summed E-state index contributed by atoms with van der Waals surface area (Å²) in [6.07, 6.45) is 3.41. The minimum Gasteiger partial charge on any atom is -0.443 e. The lowest BCUT2D eigenvalue weighted by atomic mass is 10.0. The van der Waals surface area contributed by atoms with Gasteiger partial charge in [-0.3, -0.25) is 4.79 Å². The maximum atomic E-state index is 13.0. The van der Waals surface area contributed by atoms with E-state index >= 15 is 0 Å². The lowest BCUT2D eigenvalue weighted by Gasteiger charge is -2.29. The Morgan fingerprint density at radius 3 is 2.85 bits per heavy atom. The highest BCUT2D eigenvalue weighted by Gasteiger charge is 2.14. The summed E-state index contributed by atoms with van der Waals surface area (Å²) >= 11 is 0. The summed E-state index contributed by atoms with van der Waals surface area (Å²) in [6, 6.07) is 19.6. The van der Waals surface area contributed by atoms with Crippen LogP contribution in [0.1, 0.15) is 10.4 Å². The van der Waals surface area contributed by atoms with Crippen LogP contribution in [-0.4, -0.2) is 42.2 Å². The first-order chi connectivity index (χ1) is 16.2. The molecule has 1 amide bonds. The van der Waals surface area contributed by atoms with Gasteiger partial charge in [0.2, 0.25) is 0 Å². The quantitative estimate of drug-likeness (QED) is 0.410. The summed E-state index contributed by atoms with van der Waals surface area (Å²) in [4.78, 5) is 22.8. The first kappa shape index (κ1) is 19.6. The third-order valence-corrected chi connectivity index (χ3v) is 6.07. The van der Waals surface area contributed by atoms with Crippen LogP contribution in [0, 0.1) is 0 Å². The van der Waals surface area contributed by atoms with E-state index in [0.717, 1.165) is 70.8 Å². The zero-order chi connectivity index (χ0) is 22.2. The molecule has 0 atom stereocenters. The Morgan fingerprint density at radius 1 is 1.03 bits per heavy atom. The number of hydrogen-bond donors (Lipinski definition) is 2. The molecule has 3 heterocycles. The van der Waals surface area contributed by atoms with E-state index in [-0.39, 0.29) is 5.91 Å². The molecule has 2 N–H and O–H groups in total. The maximum Gasteiger partial charge on any atom is 0.255 e. The Labute approximate surface area is 190 Å². The summed E-state index contributed by atoms with van der Waals surface area (Å²) < 4.78 is 10.8. The molecule has 7 heteroatoms. The number of nitrogens with one attached hydrogen (secondary N) is 2. The molecule has 1 fully saturated rings. The average Bonchev–Trinajstić information content (AvgIpc) is 3.51. The molecule has 2 aromatic heterocycles. The summed E-state index contributed by atoms with van der Waals surface area (Å²) in [5.41, 5.74) is 7.04. The molecule has 0 unspecified atom stereocenters. The van der Waals surface area contributed by atoms with Crippen LogP contribution in [0.3, 0.4) is 0 Å². The molecule has 3 aromatic carbocycles. The number of fused-ring (bicyclic) bond motifs is 2. The second-order valence-corrected chi connectivity index (χ2v) is 8.10. The molecule has 1 aliphatic heterocycles. The number of nitrogens with zero attached hydrogens (tertiary/aromatic N) is 2. The van der Waals surface area contributed by atoms with Crippen LogP contribution in [-0.2, 0) is 4.74 Å². The zero-order valence-corrected chi connectivity index (χ0v) is 17.9. The smallest absolute Gasteiger partial charge is 0.255 e. The van der Waals surface area contributed by atoms with Crippen molar-refractivity contribution in [3.05, 3.63) is 78.8 Å².